The molecule has 0 radical (unpaired) electrons. The number of likely N-dealkylation sites (N-methyl/N-ethyl adjacent to an activating group) is 1. The van der Waals surface area contributed by atoms with Gasteiger partial charge in [0.05, 0.1) is 35.4 Å². The molecule has 0 atom stereocenters. The molecule has 4 rings (SSSR count). The second-order valence-electron chi connectivity index (χ2n) is 7.93. The minimum absolute atomic E-state index is 0.376. The first-order chi connectivity index (χ1) is 15.9. The quantitative estimate of drug-likeness (QED) is 0.368. The Morgan fingerprint density at radius 2 is 1.97 bits per heavy atom. The summed E-state index contributed by atoms with van der Waals surface area (Å²) in [7, 11) is 7.55. The first-order valence-corrected chi connectivity index (χ1v) is 10.8. The number of methoxy groups -OCH3 is 1. The summed E-state index contributed by atoms with van der Waals surface area (Å²) < 4.78 is 13.4. The summed E-state index contributed by atoms with van der Waals surface area (Å²) >= 11 is 6.49. The molecule has 0 aliphatic rings. The van der Waals surface area contributed by atoms with Gasteiger partial charge >= 0.3 is 0 Å². The molecule has 8 nitrogen and oxygen atoms in total. The lowest BCUT2D eigenvalue weighted by Gasteiger charge is -2.16. The van der Waals surface area contributed by atoms with Gasteiger partial charge in [-0.05, 0) is 26.2 Å². The van der Waals surface area contributed by atoms with E-state index in [4.69, 9.17) is 31.8 Å². The number of halogens is 1. The fourth-order valence-electron chi connectivity index (χ4n) is 3.57. The van der Waals surface area contributed by atoms with Crippen molar-refractivity contribution in [2.24, 2.45) is 7.05 Å². The number of nitrogens with zero attached hydrogens (tertiary/aromatic N) is 4. The fourth-order valence-corrected chi connectivity index (χ4v) is 3.77. The van der Waals surface area contributed by atoms with E-state index in [0.717, 1.165) is 23.0 Å². The van der Waals surface area contributed by atoms with Crippen LogP contribution < -0.4 is 20.5 Å². The van der Waals surface area contributed by atoms with Gasteiger partial charge in [-0.1, -0.05) is 29.8 Å². The second kappa shape index (κ2) is 9.56. The zero-order chi connectivity index (χ0) is 23.5. The summed E-state index contributed by atoms with van der Waals surface area (Å²) in [6.45, 7) is 1.29. The Hall–Kier alpha value is -3.49. The number of aryl methyl sites for hydroxylation is 1. The van der Waals surface area contributed by atoms with E-state index in [0.29, 0.717) is 46.1 Å². The maximum absolute atomic E-state index is 6.49. The average Bonchev–Trinajstić information content (AvgIpc) is 3.13. The van der Waals surface area contributed by atoms with E-state index in [9.17, 15) is 0 Å². The molecule has 0 spiro atoms. The van der Waals surface area contributed by atoms with Gasteiger partial charge in [0, 0.05) is 42.3 Å². The predicted molar refractivity (Wildman–Crippen MR) is 134 cm³/mol. The molecule has 9 heteroatoms. The van der Waals surface area contributed by atoms with Gasteiger partial charge in [-0.3, -0.25) is 0 Å². The number of aromatic nitrogens is 3. The van der Waals surface area contributed by atoms with Crippen LogP contribution in [0, 0.1) is 0 Å². The lowest BCUT2D eigenvalue weighted by molar-refractivity contribution is 0.261. The number of rotatable bonds is 8. The third-order valence-electron chi connectivity index (χ3n) is 5.27. The standard InChI is InChI=1S/C24H27ClN6O2/c1-30(2)9-10-33-21-12-22(32-4)19(11-18(21)26)28-24-27-13-17(25)23(29-24)16-14-31(3)20-8-6-5-7-15(16)20/h5-8,11-14H,9-10,26H2,1-4H3,(H,27,28,29). The van der Waals surface area contributed by atoms with Crippen LogP contribution >= 0.6 is 11.6 Å². The first-order valence-electron chi connectivity index (χ1n) is 10.5. The number of nitrogens with one attached hydrogen (secondary N) is 1. The zero-order valence-electron chi connectivity index (χ0n) is 19.1. The number of nitrogens with two attached hydrogens (primary N) is 1. The van der Waals surface area contributed by atoms with Crippen LogP contribution in [0.4, 0.5) is 17.3 Å². The van der Waals surface area contributed by atoms with Crippen LogP contribution in [0.3, 0.4) is 0 Å². The van der Waals surface area contributed by atoms with Crippen LogP contribution in [0.2, 0.25) is 5.02 Å². The largest absolute Gasteiger partial charge is 0.494 e. The summed E-state index contributed by atoms with van der Waals surface area (Å²) in [6.07, 6.45) is 3.60. The van der Waals surface area contributed by atoms with Gasteiger partial charge in [-0.15, -0.1) is 0 Å². The van der Waals surface area contributed by atoms with Crippen molar-refractivity contribution >= 4 is 39.8 Å². The molecule has 0 saturated heterocycles. The highest BCUT2D eigenvalue weighted by Crippen LogP contribution is 2.37. The van der Waals surface area contributed by atoms with Gasteiger partial charge in [0.2, 0.25) is 5.95 Å². The molecule has 0 saturated carbocycles. The molecule has 3 N–H and O–H groups in total. The Morgan fingerprint density at radius 1 is 1.18 bits per heavy atom. The lowest BCUT2D eigenvalue weighted by Crippen LogP contribution is -2.19. The molecule has 2 heterocycles. The zero-order valence-corrected chi connectivity index (χ0v) is 19.8. The maximum Gasteiger partial charge on any atom is 0.227 e. The normalized spacial score (nSPS) is 11.2. The van der Waals surface area contributed by atoms with E-state index < -0.39 is 0 Å². The number of ether oxygens (including phenoxy) is 2. The molecular formula is C24H27ClN6O2. The van der Waals surface area contributed by atoms with Crippen LogP contribution in [0.1, 0.15) is 0 Å². The Balaban J connectivity index is 1.65. The van der Waals surface area contributed by atoms with E-state index in [1.165, 1.54) is 0 Å². The highest BCUT2D eigenvalue weighted by molar-refractivity contribution is 6.33. The predicted octanol–water partition coefficient (Wildman–Crippen LogP) is 4.56. The van der Waals surface area contributed by atoms with E-state index >= 15 is 0 Å². The Morgan fingerprint density at radius 3 is 2.73 bits per heavy atom. The van der Waals surface area contributed by atoms with Gasteiger partial charge < -0.3 is 30.0 Å². The van der Waals surface area contributed by atoms with Crippen LogP contribution in [-0.2, 0) is 7.05 Å². The van der Waals surface area contributed by atoms with E-state index in [-0.39, 0.29) is 0 Å². The van der Waals surface area contributed by atoms with Gasteiger partial charge in [0.15, 0.2) is 0 Å². The molecular weight excluding hydrogens is 440 g/mol. The minimum atomic E-state index is 0.376. The van der Waals surface area contributed by atoms with Crippen molar-refractivity contribution < 1.29 is 9.47 Å². The summed E-state index contributed by atoms with van der Waals surface area (Å²) in [5.41, 5.74) is 10.0. The van der Waals surface area contributed by atoms with E-state index in [1.54, 1.807) is 25.4 Å². The molecule has 172 valence electrons. The Labute approximate surface area is 197 Å². The summed E-state index contributed by atoms with van der Waals surface area (Å²) in [6, 6.07) is 11.6. The van der Waals surface area contributed by atoms with Crippen molar-refractivity contribution in [3.63, 3.8) is 0 Å². The molecule has 0 aliphatic heterocycles. The van der Waals surface area contributed by atoms with Crippen molar-refractivity contribution in [1.82, 2.24) is 19.4 Å². The van der Waals surface area contributed by atoms with Crippen molar-refractivity contribution in [2.45, 2.75) is 0 Å². The average molecular weight is 467 g/mol. The maximum atomic E-state index is 6.49. The van der Waals surface area contributed by atoms with Crippen LogP contribution in [0.5, 0.6) is 11.5 Å². The van der Waals surface area contributed by atoms with Crippen molar-refractivity contribution in [3.05, 3.63) is 53.8 Å². The number of nitrogen functional groups attached to an aromatic ring is 1. The highest BCUT2D eigenvalue weighted by Gasteiger charge is 2.16. The van der Waals surface area contributed by atoms with Crippen LogP contribution in [-0.4, -0.2) is 53.8 Å². The first kappa shape index (κ1) is 22.7. The Kier molecular flexibility index (Phi) is 6.57. The lowest BCUT2D eigenvalue weighted by atomic mass is 10.1. The molecule has 0 fully saturated rings. The van der Waals surface area contributed by atoms with Crippen LogP contribution in [0.25, 0.3) is 22.2 Å². The molecule has 2 aromatic carbocycles. The van der Waals surface area contributed by atoms with Gasteiger partial charge in [-0.25, -0.2) is 9.97 Å². The molecule has 0 bridgehead atoms. The van der Waals surface area contributed by atoms with Crippen molar-refractivity contribution in [1.29, 1.82) is 0 Å². The third kappa shape index (κ3) is 4.81. The second-order valence-corrected chi connectivity index (χ2v) is 8.34. The summed E-state index contributed by atoms with van der Waals surface area (Å²) in [5.74, 6) is 1.50. The molecule has 0 amide bonds. The SMILES string of the molecule is COc1cc(OCCN(C)C)c(N)cc1Nc1ncc(Cl)c(-c2cn(C)c3ccccc23)n1. The number of hydrogen-bond acceptors (Lipinski definition) is 7. The topological polar surface area (TPSA) is 90.5 Å². The molecule has 2 aromatic heterocycles. The van der Waals surface area contributed by atoms with Crippen molar-refractivity contribution in [2.75, 3.05) is 45.4 Å². The van der Waals surface area contributed by atoms with Gasteiger partial charge in [0.25, 0.3) is 0 Å². The monoisotopic (exact) mass is 466 g/mol. The van der Waals surface area contributed by atoms with Gasteiger partial charge in [0.1, 0.15) is 18.1 Å². The smallest absolute Gasteiger partial charge is 0.227 e. The fraction of sp³-hybridized carbons (Fsp3) is 0.250. The van der Waals surface area contributed by atoms with Crippen LogP contribution in [0.15, 0.2) is 48.8 Å². The third-order valence-corrected chi connectivity index (χ3v) is 5.55. The number of fused-ring (bicyclic) bond motifs is 1. The van der Waals surface area contributed by atoms with E-state index in [1.807, 2.05) is 44.4 Å². The highest BCUT2D eigenvalue weighted by atomic mass is 35.5. The van der Waals surface area contributed by atoms with Gasteiger partial charge in [-0.2, -0.15) is 0 Å². The number of benzene rings is 2. The number of anilines is 3. The molecule has 0 aliphatic carbocycles. The number of para-hydroxylation sites is 1. The number of hydrogen-bond donors (Lipinski definition) is 2. The van der Waals surface area contributed by atoms with E-state index in [2.05, 4.69) is 27.0 Å². The minimum Gasteiger partial charge on any atom is -0.494 e. The molecule has 0 unspecified atom stereocenters. The summed E-state index contributed by atoms with van der Waals surface area (Å²) in [5, 5.41) is 4.73. The Bertz CT molecular complexity index is 1290. The van der Waals surface area contributed by atoms with Crippen molar-refractivity contribution in [3.8, 4) is 22.8 Å². The summed E-state index contributed by atoms with van der Waals surface area (Å²) in [4.78, 5) is 11.1. The molecule has 4 aromatic rings. The molecule has 33 heavy (non-hydrogen) atoms.